The van der Waals surface area contributed by atoms with Crippen molar-refractivity contribution in [3.63, 3.8) is 0 Å². The zero-order valence-corrected chi connectivity index (χ0v) is 31.0. The summed E-state index contributed by atoms with van der Waals surface area (Å²) >= 11 is 0. The molecule has 0 unspecified atom stereocenters. The van der Waals surface area contributed by atoms with Crippen molar-refractivity contribution in [1.82, 2.24) is 0 Å². The highest BCUT2D eigenvalue weighted by molar-refractivity contribution is 6.31. The van der Waals surface area contributed by atoms with Crippen LogP contribution in [0.3, 0.4) is 0 Å². The molecule has 0 aliphatic heterocycles. The molecule has 4 heterocycles. The average molecular weight is 743 g/mol. The Morgan fingerprint density at radius 2 is 0.655 bits per heavy atom. The van der Waals surface area contributed by atoms with Crippen LogP contribution in [-0.4, -0.2) is 0 Å². The minimum Gasteiger partial charge on any atom is -0.456 e. The molecule has 270 valence electrons. The zero-order valence-electron chi connectivity index (χ0n) is 31.0. The van der Waals surface area contributed by atoms with Crippen molar-refractivity contribution >= 4 is 87.8 Å². The van der Waals surface area contributed by atoms with Crippen molar-refractivity contribution in [2.24, 2.45) is 0 Å². The minimum atomic E-state index is 0.801. The van der Waals surface area contributed by atoms with Crippen LogP contribution in [0.1, 0.15) is 0 Å². The first-order valence-corrected chi connectivity index (χ1v) is 19.6. The van der Waals surface area contributed by atoms with E-state index in [1.165, 1.54) is 0 Å². The topological polar surface area (TPSA) is 52.6 Å². The highest BCUT2D eigenvalue weighted by Gasteiger charge is 2.27. The van der Waals surface area contributed by atoms with Crippen LogP contribution in [0, 0.1) is 0 Å². The van der Waals surface area contributed by atoms with E-state index >= 15 is 0 Å². The number of fused-ring (bicyclic) bond motifs is 13. The first kappa shape index (κ1) is 31.4. The van der Waals surface area contributed by atoms with Crippen LogP contribution >= 0.6 is 0 Å². The molecule has 0 fully saturated rings. The van der Waals surface area contributed by atoms with Gasteiger partial charge in [-0.05, 0) is 94.0 Å². The fraction of sp³-hybridized carbons (Fsp3) is 0. The molecule has 4 heteroatoms. The molecular formula is C54H30O4. The van der Waals surface area contributed by atoms with Crippen LogP contribution in [0.25, 0.3) is 132 Å². The second kappa shape index (κ2) is 11.8. The Kier molecular flexibility index (Phi) is 6.41. The van der Waals surface area contributed by atoms with Crippen molar-refractivity contribution in [2.75, 3.05) is 0 Å². The van der Waals surface area contributed by atoms with Crippen molar-refractivity contribution in [3.05, 3.63) is 182 Å². The SMILES string of the molecule is c1ccc(-c2c(-c3ccccc3)c3c4ccc(-c5ccc6oc7ccccc7c6c5)cc4oc3c3c2oc2cc(-c4ccc5oc6ccccc6c5c4)ccc23)cc1. The summed E-state index contributed by atoms with van der Waals surface area (Å²) < 4.78 is 26.5. The van der Waals surface area contributed by atoms with Crippen LogP contribution in [0.15, 0.2) is 200 Å². The van der Waals surface area contributed by atoms with E-state index in [1.54, 1.807) is 0 Å². The Balaban J connectivity index is 1.09. The lowest BCUT2D eigenvalue weighted by Gasteiger charge is -2.13. The Hall–Kier alpha value is -7.82. The van der Waals surface area contributed by atoms with Crippen molar-refractivity contribution in [2.45, 2.75) is 0 Å². The molecule has 0 bridgehead atoms. The first-order chi connectivity index (χ1) is 28.7. The largest absolute Gasteiger partial charge is 0.456 e. The third-order valence-electron chi connectivity index (χ3n) is 11.9. The van der Waals surface area contributed by atoms with E-state index in [0.717, 1.165) is 132 Å². The van der Waals surface area contributed by atoms with E-state index in [1.807, 2.05) is 24.3 Å². The van der Waals surface area contributed by atoms with Crippen LogP contribution < -0.4 is 0 Å². The Morgan fingerprint density at radius 1 is 0.224 bits per heavy atom. The number of hydrogen-bond acceptors (Lipinski definition) is 4. The van der Waals surface area contributed by atoms with E-state index in [4.69, 9.17) is 17.7 Å². The van der Waals surface area contributed by atoms with Gasteiger partial charge in [0.15, 0.2) is 0 Å². The second-order valence-electron chi connectivity index (χ2n) is 15.1. The predicted octanol–water partition coefficient (Wildman–Crippen LogP) is 16.0. The van der Waals surface area contributed by atoms with Gasteiger partial charge in [-0.2, -0.15) is 0 Å². The molecule has 4 nitrogen and oxygen atoms in total. The van der Waals surface area contributed by atoms with Gasteiger partial charge >= 0.3 is 0 Å². The van der Waals surface area contributed by atoms with E-state index in [9.17, 15) is 0 Å². The molecule has 13 aromatic rings. The Labute approximate surface area is 330 Å². The summed E-state index contributed by atoms with van der Waals surface area (Å²) in [6, 6.07) is 63.6. The molecule has 0 N–H and O–H groups in total. The van der Waals surface area contributed by atoms with Gasteiger partial charge in [-0.25, -0.2) is 0 Å². The molecular weight excluding hydrogens is 713 g/mol. The van der Waals surface area contributed by atoms with E-state index in [2.05, 4.69) is 158 Å². The lowest BCUT2D eigenvalue weighted by atomic mass is 9.88. The number of hydrogen-bond donors (Lipinski definition) is 0. The van der Waals surface area contributed by atoms with Gasteiger partial charge in [0.25, 0.3) is 0 Å². The van der Waals surface area contributed by atoms with Gasteiger partial charge in [0, 0.05) is 48.8 Å². The predicted molar refractivity (Wildman–Crippen MR) is 237 cm³/mol. The van der Waals surface area contributed by atoms with Crippen molar-refractivity contribution < 1.29 is 17.7 Å². The van der Waals surface area contributed by atoms with Crippen LogP contribution in [0.4, 0.5) is 0 Å². The van der Waals surface area contributed by atoms with Crippen LogP contribution in [0.2, 0.25) is 0 Å². The maximum atomic E-state index is 7.10. The molecule has 13 rings (SSSR count). The lowest BCUT2D eigenvalue weighted by Crippen LogP contribution is -1.89. The van der Waals surface area contributed by atoms with Crippen LogP contribution in [-0.2, 0) is 0 Å². The molecule has 0 atom stereocenters. The molecule has 0 saturated carbocycles. The smallest absolute Gasteiger partial charge is 0.147 e. The van der Waals surface area contributed by atoms with Crippen molar-refractivity contribution in [1.29, 1.82) is 0 Å². The van der Waals surface area contributed by atoms with Gasteiger partial charge in [-0.1, -0.05) is 121 Å². The molecule has 0 amide bonds. The third kappa shape index (κ3) is 4.51. The summed E-state index contributed by atoms with van der Waals surface area (Å²) in [7, 11) is 0. The fourth-order valence-electron chi connectivity index (χ4n) is 9.20. The molecule has 4 aromatic heterocycles. The number of benzene rings is 9. The average Bonchev–Trinajstić information content (AvgIpc) is 4.05. The van der Waals surface area contributed by atoms with Gasteiger partial charge in [-0.15, -0.1) is 0 Å². The maximum Gasteiger partial charge on any atom is 0.147 e. The summed E-state index contributed by atoms with van der Waals surface area (Å²) in [5, 5.41) is 8.51. The normalized spacial score (nSPS) is 12.1. The zero-order chi connectivity index (χ0) is 37.9. The van der Waals surface area contributed by atoms with E-state index < -0.39 is 0 Å². The fourth-order valence-corrected chi connectivity index (χ4v) is 9.20. The molecule has 0 aliphatic carbocycles. The molecule has 58 heavy (non-hydrogen) atoms. The van der Waals surface area contributed by atoms with E-state index in [0.29, 0.717) is 0 Å². The number of para-hydroxylation sites is 2. The van der Waals surface area contributed by atoms with Gasteiger partial charge in [0.2, 0.25) is 0 Å². The second-order valence-corrected chi connectivity index (χ2v) is 15.1. The molecule has 0 spiro atoms. The maximum absolute atomic E-state index is 7.10. The summed E-state index contributed by atoms with van der Waals surface area (Å²) in [5.41, 5.74) is 15.4. The third-order valence-corrected chi connectivity index (χ3v) is 11.9. The van der Waals surface area contributed by atoms with E-state index in [-0.39, 0.29) is 0 Å². The standard InChI is InChI=1S/C54H30O4/c1-3-11-31(12-4-1)49-50(32-13-5-2-6-14-32)53-52(40-24-20-36(30-48(40)57-53)34-22-26-46-42(28-34)38-16-8-10-18-44(38)56-46)54-51(49)39-23-19-35(29-47(39)58-54)33-21-25-45-41(27-33)37-15-7-9-17-43(37)55-45/h1-30H. The highest BCUT2D eigenvalue weighted by atomic mass is 16.3. The van der Waals surface area contributed by atoms with Gasteiger partial charge in [0.1, 0.15) is 44.7 Å². The summed E-state index contributed by atoms with van der Waals surface area (Å²) in [5.74, 6) is 0. The monoisotopic (exact) mass is 742 g/mol. The van der Waals surface area contributed by atoms with Crippen molar-refractivity contribution in [3.8, 4) is 44.5 Å². The summed E-state index contributed by atoms with van der Waals surface area (Å²) in [4.78, 5) is 0. The highest BCUT2D eigenvalue weighted by Crippen LogP contribution is 2.51. The molecule has 0 saturated heterocycles. The van der Waals surface area contributed by atoms with Gasteiger partial charge < -0.3 is 17.7 Å². The Bertz CT molecular complexity index is 3780. The van der Waals surface area contributed by atoms with Gasteiger partial charge in [-0.3, -0.25) is 0 Å². The molecule has 9 aromatic carbocycles. The molecule has 0 aliphatic rings. The first-order valence-electron chi connectivity index (χ1n) is 19.6. The minimum absolute atomic E-state index is 0.801. The number of rotatable bonds is 4. The lowest BCUT2D eigenvalue weighted by molar-refractivity contribution is 0.664. The van der Waals surface area contributed by atoms with Gasteiger partial charge in [0.05, 0.1) is 5.39 Å². The number of furan rings is 4. The Morgan fingerprint density at radius 3 is 1.22 bits per heavy atom. The van der Waals surface area contributed by atoms with Crippen LogP contribution in [0.5, 0.6) is 0 Å². The summed E-state index contributed by atoms with van der Waals surface area (Å²) in [6.07, 6.45) is 0. The summed E-state index contributed by atoms with van der Waals surface area (Å²) in [6.45, 7) is 0. The quantitative estimate of drug-likeness (QED) is 0.180. The molecule has 0 radical (unpaired) electrons.